The number of hydrogen-bond acceptors (Lipinski definition) is 5. The molecule has 0 radical (unpaired) electrons. The third-order valence-corrected chi connectivity index (χ3v) is 8.40. The lowest BCUT2D eigenvalue weighted by atomic mass is 10.1. The lowest BCUT2D eigenvalue weighted by Crippen LogP contribution is -2.38. The number of halogens is 1. The maximum atomic E-state index is 13.8. The number of rotatable bonds is 5. The first-order valence-corrected chi connectivity index (χ1v) is 13.2. The van der Waals surface area contributed by atoms with Gasteiger partial charge in [-0.15, -0.1) is 0 Å². The van der Waals surface area contributed by atoms with Gasteiger partial charge in [0.05, 0.1) is 20.9 Å². The molecule has 5 nitrogen and oxygen atoms in total. The normalized spacial score (nSPS) is 14.7. The van der Waals surface area contributed by atoms with Crippen LogP contribution in [0, 0.1) is 0 Å². The molecule has 1 saturated heterocycles. The van der Waals surface area contributed by atoms with Crippen LogP contribution in [0.1, 0.15) is 29.3 Å². The summed E-state index contributed by atoms with van der Waals surface area (Å²) in [4.78, 5) is 19.5. The van der Waals surface area contributed by atoms with Crippen LogP contribution in [0.25, 0.3) is 10.9 Å². The topological polar surface area (TPSA) is 67.3 Å². The number of nitrogens with zero attached hydrogens (tertiary/aromatic N) is 2. The van der Waals surface area contributed by atoms with E-state index in [-0.39, 0.29) is 21.3 Å². The number of carbonyl (C=O) groups is 1. The molecule has 2 aromatic carbocycles. The zero-order chi connectivity index (χ0) is 22.0. The van der Waals surface area contributed by atoms with Gasteiger partial charge in [-0.25, -0.2) is 8.42 Å². The molecule has 0 atom stereocenters. The SMILES string of the molecule is CCCc1ccc(S(=O)(=O)c2c(C(=O)N3CCSCC3)cnc3ccc(Cl)cc23)cc1. The largest absolute Gasteiger partial charge is 0.337 e. The van der Waals surface area contributed by atoms with Crippen LogP contribution in [-0.2, 0) is 16.3 Å². The molecule has 1 aromatic heterocycles. The highest BCUT2D eigenvalue weighted by Gasteiger charge is 2.30. The minimum absolute atomic E-state index is 0.0218. The van der Waals surface area contributed by atoms with Crippen molar-refractivity contribution < 1.29 is 13.2 Å². The summed E-state index contributed by atoms with van der Waals surface area (Å²) in [5, 5.41) is 0.755. The van der Waals surface area contributed by atoms with E-state index in [1.54, 1.807) is 47.0 Å². The molecule has 0 aliphatic carbocycles. The van der Waals surface area contributed by atoms with Crippen LogP contribution < -0.4 is 0 Å². The fourth-order valence-corrected chi connectivity index (χ4v) is 6.45. The predicted octanol–water partition coefficient (Wildman–Crippen LogP) is 4.86. The average molecular weight is 475 g/mol. The molecule has 31 heavy (non-hydrogen) atoms. The quantitative estimate of drug-likeness (QED) is 0.528. The highest BCUT2D eigenvalue weighted by atomic mass is 35.5. The van der Waals surface area contributed by atoms with Gasteiger partial charge in [0, 0.05) is 41.2 Å². The van der Waals surface area contributed by atoms with E-state index >= 15 is 0 Å². The maximum absolute atomic E-state index is 13.8. The summed E-state index contributed by atoms with van der Waals surface area (Å²) in [6, 6.07) is 11.8. The van der Waals surface area contributed by atoms with Crippen LogP contribution in [0.3, 0.4) is 0 Å². The Kier molecular flexibility index (Phi) is 6.55. The predicted molar refractivity (Wildman–Crippen MR) is 126 cm³/mol. The first kappa shape index (κ1) is 22.1. The number of hydrogen-bond donors (Lipinski definition) is 0. The molecule has 1 aliphatic rings. The number of aromatic nitrogens is 1. The Hall–Kier alpha value is -2.09. The monoisotopic (exact) mass is 474 g/mol. The Morgan fingerprint density at radius 1 is 1.13 bits per heavy atom. The van der Waals surface area contributed by atoms with Crippen molar-refractivity contribution in [2.24, 2.45) is 0 Å². The van der Waals surface area contributed by atoms with Crippen LogP contribution in [0.5, 0.6) is 0 Å². The van der Waals surface area contributed by atoms with Crippen molar-refractivity contribution in [3.63, 3.8) is 0 Å². The number of benzene rings is 2. The van der Waals surface area contributed by atoms with Crippen molar-refractivity contribution in [1.82, 2.24) is 9.88 Å². The highest BCUT2D eigenvalue weighted by molar-refractivity contribution is 7.99. The molecule has 0 unspecified atom stereocenters. The summed E-state index contributed by atoms with van der Waals surface area (Å²) < 4.78 is 27.6. The molecule has 1 aliphatic heterocycles. The number of carbonyl (C=O) groups excluding carboxylic acids is 1. The summed E-state index contributed by atoms with van der Waals surface area (Å²) in [6.07, 6.45) is 3.25. The second kappa shape index (κ2) is 9.18. The third kappa shape index (κ3) is 4.45. The Bertz CT molecular complexity index is 1220. The summed E-state index contributed by atoms with van der Waals surface area (Å²) in [5.41, 5.74) is 1.65. The first-order valence-electron chi connectivity index (χ1n) is 10.2. The van der Waals surface area contributed by atoms with E-state index in [1.807, 2.05) is 12.1 Å². The molecule has 0 spiro atoms. The zero-order valence-corrected chi connectivity index (χ0v) is 19.6. The van der Waals surface area contributed by atoms with E-state index < -0.39 is 9.84 Å². The number of aryl methyl sites for hydroxylation is 1. The lowest BCUT2D eigenvalue weighted by molar-refractivity contribution is 0.0768. The van der Waals surface area contributed by atoms with Gasteiger partial charge in [0.1, 0.15) is 0 Å². The van der Waals surface area contributed by atoms with Crippen LogP contribution >= 0.6 is 23.4 Å². The van der Waals surface area contributed by atoms with Crippen molar-refractivity contribution in [2.45, 2.75) is 29.6 Å². The molecule has 8 heteroatoms. The van der Waals surface area contributed by atoms with Crippen LogP contribution in [0.2, 0.25) is 5.02 Å². The van der Waals surface area contributed by atoms with Crippen LogP contribution in [-0.4, -0.2) is 48.8 Å². The van der Waals surface area contributed by atoms with Gasteiger partial charge in [0.15, 0.2) is 0 Å². The second-order valence-electron chi connectivity index (χ2n) is 7.46. The molecule has 0 saturated carbocycles. The van der Waals surface area contributed by atoms with Gasteiger partial charge in [0.2, 0.25) is 9.84 Å². The second-order valence-corrected chi connectivity index (χ2v) is 11.0. The van der Waals surface area contributed by atoms with Gasteiger partial charge in [-0.05, 0) is 42.3 Å². The molecular weight excluding hydrogens is 452 g/mol. The minimum atomic E-state index is -3.98. The molecule has 3 aromatic rings. The molecule has 2 heterocycles. The molecule has 0 bridgehead atoms. The summed E-state index contributed by atoms with van der Waals surface area (Å²) in [5.74, 6) is 1.36. The van der Waals surface area contributed by atoms with E-state index in [1.165, 1.54) is 6.20 Å². The Morgan fingerprint density at radius 2 is 1.84 bits per heavy atom. The van der Waals surface area contributed by atoms with Gasteiger partial charge in [-0.2, -0.15) is 11.8 Å². The summed E-state index contributed by atoms with van der Waals surface area (Å²) in [6.45, 7) is 3.25. The number of pyridine rings is 1. The van der Waals surface area contributed by atoms with Crippen molar-refractivity contribution in [3.05, 3.63) is 64.8 Å². The van der Waals surface area contributed by atoms with Gasteiger partial charge < -0.3 is 4.90 Å². The van der Waals surface area contributed by atoms with Crippen LogP contribution in [0.4, 0.5) is 0 Å². The molecule has 1 fully saturated rings. The first-order chi connectivity index (χ1) is 14.9. The Morgan fingerprint density at radius 3 is 2.52 bits per heavy atom. The number of thioether (sulfide) groups is 1. The zero-order valence-electron chi connectivity index (χ0n) is 17.2. The van der Waals surface area contributed by atoms with Crippen molar-refractivity contribution in [2.75, 3.05) is 24.6 Å². The summed E-state index contributed by atoms with van der Waals surface area (Å²) >= 11 is 7.98. The fraction of sp³-hybridized carbons (Fsp3) is 0.304. The van der Waals surface area contributed by atoms with Gasteiger partial charge in [0.25, 0.3) is 5.91 Å². The van der Waals surface area contributed by atoms with E-state index in [0.717, 1.165) is 29.9 Å². The smallest absolute Gasteiger partial charge is 0.256 e. The van der Waals surface area contributed by atoms with E-state index in [0.29, 0.717) is 29.0 Å². The molecule has 0 N–H and O–H groups in total. The standard InChI is InChI=1S/C23H23ClN2O3S2/c1-2-3-16-4-7-18(8-5-16)31(28,29)22-19-14-17(24)6-9-21(19)25-15-20(22)23(27)26-10-12-30-13-11-26/h4-9,14-15H,2-3,10-13H2,1H3. The number of sulfone groups is 1. The fourth-order valence-electron chi connectivity index (χ4n) is 3.76. The Balaban J connectivity index is 1.91. The van der Waals surface area contributed by atoms with Crippen molar-refractivity contribution >= 4 is 50.0 Å². The lowest BCUT2D eigenvalue weighted by Gasteiger charge is -2.27. The van der Waals surface area contributed by atoms with E-state index in [2.05, 4.69) is 11.9 Å². The average Bonchev–Trinajstić information content (AvgIpc) is 2.79. The Labute approximate surface area is 191 Å². The maximum Gasteiger partial charge on any atom is 0.256 e. The molecule has 1 amide bonds. The van der Waals surface area contributed by atoms with Gasteiger partial charge in [-0.1, -0.05) is 37.1 Å². The van der Waals surface area contributed by atoms with E-state index in [4.69, 9.17) is 11.6 Å². The van der Waals surface area contributed by atoms with E-state index in [9.17, 15) is 13.2 Å². The van der Waals surface area contributed by atoms with Crippen molar-refractivity contribution in [3.8, 4) is 0 Å². The minimum Gasteiger partial charge on any atom is -0.337 e. The summed E-state index contributed by atoms with van der Waals surface area (Å²) in [7, 11) is -3.98. The number of amides is 1. The van der Waals surface area contributed by atoms with Gasteiger partial charge in [-0.3, -0.25) is 9.78 Å². The van der Waals surface area contributed by atoms with Crippen molar-refractivity contribution in [1.29, 1.82) is 0 Å². The molecule has 4 rings (SSSR count). The molecular formula is C23H23ClN2O3S2. The van der Waals surface area contributed by atoms with Crippen LogP contribution in [0.15, 0.2) is 58.5 Å². The molecule has 162 valence electrons. The highest BCUT2D eigenvalue weighted by Crippen LogP contribution is 2.33. The third-order valence-electron chi connectivity index (χ3n) is 5.35. The number of fused-ring (bicyclic) bond motifs is 1. The van der Waals surface area contributed by atoms with Gasteiger partial charge >= 0.3 is 0 Å².